The molecule has 0 aliphatic rings. The molecule has 0 N–H and O–H groups in total. The van der Waals surface area contributed by atoms with E-state index in [4.69, 9.17) is 28.5 Å². The van der Waals surface area contributed by atoms with Crippen LogP contribution in [0.1, 0.15) is 36.2 Å². The van der Waals surface area contributed by atoms with Crippen molar-refractivity contribution in [3.63, 3.8) is 0 Å². The van der Waals surface area contributed by atoms with Crippen molar-refractivity contribution in [1.82, 2.24) is 9.55 Å². The van der Waals surface area contributed by atoms with Gasteiger partial charge in [-0.1, -0.05) is 60.9 Å². The monoisotopic (exact) mass is 513 g/mol. The summed E-state index contributed by atoms with van der Waals surface area (Å²) in [7, 11) is 0. The van der Waals surface area contributed by atoms with Crippen LogP contribution in [-0.2, 0) is 11.2 Å². The Balaban J connectivity index is 1.77. The van der Waals surface area contributed by atoms with Gasteiger partial charge in [-0.15, -0.1) is 0 Å². The summed E-state index contributed by atoms with van der Waals surface area (Å²) in [5.74, 6) is -0.409. The van der Waals surface area contributed by atoms with Gasteiger partial charge in [-0.05, 0) is 59.7 Å². The van der Waals surface area contributed by atoms with Gasteiger partial charge >= 0.3 is 0 Å². The third kappa shape index (κ3) is 4.83. The van der Waals surface area contributed by atoms with Crippen LogP contribution in [0.3, 0.4) is 0 Å². The lowest BCUT2D eigenvalue weighted by molar-refractivity contribution is 0.591. The normalized spacial score (nSPS) is 11.4. The number of aromatic nitrogens is 2. The molecule has 0 saturated heterocycles. The van der Waals surface area contributed by atoms with E-state index < -0.39 is 11.2 Å². The molecule has 1 heterocycles. The van der Waals surface area contributed by atoms with E-state index in [1.165, 1.54) is 36.0 Å². The number of thioether (sulfide) groups is 1. The van der Waals surface area contributed by atoms with Gasteiger partial charge in [0.2, 0.25) is 0 Å². The largest absolute Gasteiger partial charge is 0.291 e. The highest BCUT2D eigenvalue weighted by Crippen LogP contribution is 2.38. The molecule has 0 aliphatic carbocycles. The summed E-state index contributed by atoms with van der Waals surface area (Å²) in [4.78, 5) is 4.66. The summed E-state index contributed by atoms with van der Waals surface area (Å²) >= 11 is 13.9. The zero-order valence-corrected chi connectivity index (χ0v) is 20.6. The summed E-state index contributed by atoms with van der Waals surface area (Å²) in [5.41, 5.74) is 2.85. The van der Waals surface area contributed by atoms with Gasteiger partial charge in [0.1, 0.15) is 17.7 Å². The van der Waals surface area contributed by atoms with E-state index in [0.717, 1.165) is 22.5 Å². The number of hydrogen-bond donors (Lipinski definition) is 0. The van der Waals surface area contributed by atoms with Crippen LogP contribution in [0, 0.1) is 23.0 Å². The standard InChI is InChI=1S/C26H19Cl2F2N3S/c1-26(2,18-4-9-21(27)22(28)12-18)24-14-32-25(33(24)20-7-5-19(29)6-8-20)34-15-16-3-10-23(30)17(11-16)13-31/h3-12,14H,15H2,1-2H3. The van der Waals surface area contributed by atoms with Crippen LogP contribution in [0.2, 0.25) is 10.0 Å². The average molecular weight is 514 g/mol. The average Bonchev–Trinajstić information content (AvgIpc) is 3.25. The van der Waals surface area contributed by atoms with Gasteiger partial charge in [0.25, 0.3) is 0 Å². The van der Waals surface area contributed by atoms with E-state index in [-0.39, 0.29) is 11.4 Å². The van der Waals surface area contributed by atoms with E-state index in [1.807, 2.05) is 22.8 Å². The maximum atomic E-state index is 13.7. The number of rotatable bonds is 6. The molecule has 4 aromatic rings. The van der Waals surface area contributed by atoms with E-state index in [0.29, 0.717) is 21.0 Å². The second-order valence-electron chi connectivity index (χ2n) is 8.21. The lowest BCUT2D eigenvalue weighted by Gasteiger charge is -2.28. The quantitative estimate of drug-likeness (QED) is 0.245. The zero-order chi connectivity index (χ0) is 24.5. The van der Waals surface area contributed by atoms with Crippen LogP contribution in [0.15, 0.2) is 72.0 Å². The molecule has 0 radical (unpaired) electrons. The van der Waals surface area contributed by atoms with Crippen molar-refractivity contribution in [2.45, 2.75) is 30.2 Å². The Kier molecular flexibility index (Phi) is 6.99. The first-order chi connectivity index (χ1) is 16.2. The molecule has 4 rings (SSSR count). The van der Waals surface area contributed by atoms with Crippen LogP contribution in [0.4, 0.5) is 8.78 Å². The summed E-state index contributed by atoms with van der Waals surface area (Å²) < 4.78 is 29.3. The second kappa shape index (κ2) is 9.79. The Morgan fingerprint density at radius 1 is 1.00 bits per heavy atom. The molecule has 172 valence electrons. The van der Waals surface area contributed by atoms with Crippen molar-refractivity contribution in [1.29, 1.82) is 5.26 Å². The summed E-state index contributed by atoms with van der Waals surface area (Å²) in [5, 5.41) is 10.7. The Bertz CT molecular complexity index is 1390. The first-order valence-electron chi connectivity index (χ1n) is 10.3. The van der Waals surface area contributed by atoms with Crippen LogP contribution >= 0.6 is 35.0 Å². The number of hydrogen-bond acceptors (Lipinski definition) is 3. The van der Waals surface area contributed by atoms with Crippen LogP contribution in [-0.4, -0.2) is 9.55 Å². The van der Waals surface area contributed by atoms with E-state index in [2.05, 4.69) is 18.8 Å². The maximum absolute atomic E-state index is 13.7. The molecule has 0 spiro atoms. The van der Waals surface area contributed by atoms with Crippen LogP contribution in [0.5, 0.6) is 0 Å². The highest BCUT2D eigenvalue weighted by molar-refractivity contribution is 7.98. The Morgan fingerprint density at radius 2 is 1.74 bits per heavy atom. The second-order valence-corrected chi connectivity index (χ2v) is 9.96. The third-order valence-electron chi connectivity index (χ3n) is 5.62. The molecular weight excluding hydrogens is 495 g/mol. The lowest BCUT2D eigenvalue weighted by atomic mass is 9.81. The van der Waals surface area contributed by atoms with E-state index in [1.54, 1.807) is 30.5 Å². The summed E-state index contributed by atoms with van der Waals surface area (Å²) in [6, 6.07) is 18.1. The molecule has 0 bridgehead atoms. The first-order valence-corrected chi connectivity index (χ1v) is 12.1. The number of nitriles is 1. The van der Waals surface area contributed by atoms with Crippen LogP contribution < -0.4 is 0 Å². The zero-order valence-electron chi connectivity index (χ0n) is 18.3. The Hall–Kier alpha value is -2.85. The fraction of sp³-hybridized carbons (Fsp3) is 0.154. The van der Waals surface area contributed by atoms with Crippen molar-refractivity contribution in [2.75, 3.05) is 0 Å². The molecule has 0 aliphatic heterocycles. The molecule has 0 saturated carbocycles. The predicted molar refractivity (Wildman–Crippen MR) is 133 cm³/mol. The van der Waals surface area contributed by atoms with Crippen LogP contribution in [0.25, 0.3) is 5.69 Å². The molecule has 1 aromatic heterocycles. The minimum atomic E-state index is -0.547. The molecule has 0 atom stereocenters. The van der Waals surface area contributed by atoms with Gasteiger partial charge in [0, 0.05) is 16.9 Å². The minimum absolute atomic E-state index is 0.00131. The molecule has 3 aromatic carbocycles. The van der Waals surface area contributed by atoms with Crippen molar-refractivity contribution >= 4 is 35.0 Å². The van der Waals surface area contributed by atoms with Crippen molar-refractivity contribution in [2.24, 2.45) is 0 Å². The third-order valence-corrected chi connectivity index (χ3v) is 7.38. The lowest BCUT2D eigenvalue weighted by Crippen LogP contribution is -2.23. The summed E-state index contributed by atoms with van der Waals surface area (Å²) in [6.45, 7) is 4.11. The molecule has 3 nitrogen and oxygen atoms in total. The number of nitrogens with zero attached hydrogens (tertiary/aromatic N) is 3. The highest BCUT2D eigenvalue weighted by Gasteiger charge is 2.30. The number of imidazole rings is 1. The Labute approximate surface area is 211 Å². The minimum Gasteiger partial charge on any atom is -0.291 e. The maximum Gasteiger partial charge on any atom is 0.173 e. The molecule has 0 unspecified atom stereocenters. The van der Waals surface area contributed by atoms with Crippen molar-refractivity contribution in [3.05, 3.63) is 111 Å². The van der Waals surface area contributed by atoms with E-state index >= 15 is 0 Å². The van der Waals surface area contributed by atoms with Gasteiger partial charge in [-0.2, -0.15) is 5.26 Å². The number of halogens is 4. The smallest absolute Gasteiger partial charge is 0.173 e. The van der Waals surface area contributed by atoms with Crippen molar-refractivity contribution in [3.8, 4) is 11.8 Å². The molecular formula is C26H19Cl2F2N3S. The molecule has 0 fully saturated rings. The predicted octanol–water partition coefficient (Wildman–Crippen LogP) is 7.95. The SMILES string of the molecule is CC(C)(c1ccc(Cl)c(Cl)c1)c1cnc(SCc2ccc(F)c(C#N)c2)n1-c1ccc(F)cc1. The van der Waals surface area contributed by atoms with Gasteiger partial charge in [0.15, 0.2) is 5.16 Å². The number of benzene rings is 3. The fourth-order valence-corrected chi connectivity index (χ4v) is 4.88. The van der Waals surface area contributed by atoms with Gasteiger partial charge in [-0.3, -0.25) is 4.57 Å². The summed E-state index contributed by atoms with van der Waals surface area (Å²) in [6.07, 6.45) is 1.79. The first kappa shape index (κ1) is 24.3. The van der Waals surface area contributed by atoms with Gasteiger partial charge in [0.05, 0.1) is 27.5 Å². The van der Waals surface area contributed by atoms with E-state index in [9.17, 15) is 8.78 Å². The Morgan fingerprint density at radius 3 is 2.41 bits per heavy atom. The molecule has 8 heteroatoms. The molecule has 34 heavy (non-hydrogen) atoms. The van der Waals surface area contributed by atoms with Crippen molar-refractivity contribution < 1.29 is 8.78 Å². The highest BCUT2D eigenvalue weighted by atomic mass is 35.5. The van der Waals surface area contributed by atoms with Gasteiger partial charge < -0.3 is 0 Å². The molecule has 0 amide bonds. The topological polar surface area (TPSA) is 41.6 Å². The fourth-order valence-electron chi connectivity index (χ4n) is 3.65. The van der Waals surface area contributed by atoms with Gasteiger partial charge in [-0.25, -0.2) is 13.8 Å².